The average molecular weight is 399 g/mol. The highest BCUT2D eigenvalue weighted by molar-refractivity contribution is 7.89. The first-order valence-corrected chi connectivity index (χ1v) is 11.1. The highest BCUT2D eigenvalue weighted by atomic mass is 32.2. The van der Waals surface area contributed by atoms with Crippen molar-refractivity contribution in [2.45, 2.75) is 37.5 Å². The Morgan fingerprint density at radius 2 is 1.86 bits per heavy atom. The molecule has 3 aromatic rings. The zero-order valence-electron chi connectivity index (χ0n) is 16.5. The summed E-state index contributed by atoms with van der Waals surface area (Å²) in [5.41, 5.74) is 4.16. The molecule has 28 heavy (non-hydrogen) atoms. The molecule has 0 amide bonds. The Morgan fingerprint density at radius 1 is 1.11 bits per heavy atom. The van der Waals surface area contributed by atoms with E-state index in [1.54, 1.807) is 16.4 Å². The van der Waals surface area contributed by atoms with E-state index in [1.807, 2.05) is 26.0 Å². The van der Waals surface area contributed by atoms with E-state index in [0.29, 0.717) is 18.8 Å². The number of methoxy groups -OCH3 is 1. The molecule has 0 aliphatic carbocycles. The number of ether oxygens (including phenoxy) is 1. The van der Waals surface area contributed by atoms with E-state index in [2.05, 4.69) is 23.2 Å². The first-order valence-electron chi connectivity index (χ1n) is 9.63. The molecule has 6 heteroatoms. The smallest absolute Gasteiger partial charge is 0.246 e. The van der Waals surface area contributed by atoms with Gasteiger partial charge in [-0.25, -0.2) is 8.42 Å². The fraction of sp³-hybridized carbons (Fsp3) is 0.364. The van der Waals surface area contributed by atoms with E-state index in [9.17, 15) is 8.42 Å². The van der Waals surface area contributed by atoms with E-state index < -0.39 is 10.0 Å². The Bertz CT molecular complexity index is 1090. The summed E-state index contributed by atoms with van der Waals surface area (Å²) in [5, 5.41) is 1.16. The van der Waals surface area contributed by atoms with Gasteiger partial charge in [-0.05, 0) is 67.5 Å². The van der Waals surface area contributed by atoms with Crippen molar-refractivity contribution in [3.8, 4) is 5.75 Å². The van der Waals surface area contributed by atoms with Crippen LogP contribution in [0.15, 0.2) is 47.4 Å². The zero-order chi connectivity index (χ0) is 19.9. The van der Waals surface area contributed by atoms with Crippen LogP contribution in [0.4, 0.5) is 0 Å². The lowest BCUT2D eigenvalue weighted by Crippen LogP contribution is -2.39. The van der Waals surface area contributed by atoms with Gasteiger partial charge in [0.25, 0.3) is 0 Å². The van der Waals surface area contributed by atoms with Crippen molar-refractivity contribution in [3.05, 3.63) is 59.3 Å². The fourth-order valence-electron chi connectivity index (χ4n) is 3.99. The number of benzene rings is 2. The van der Waals surface area contributed by atoms with Crippen molar-refractivity contribution in [2.75, 3.05) is 20.2 Å². The molecule has 2 aromatic carbocycles. The monoisotopic (exact) mass is 398 g/mol. The van der Waals surface area contributed by atoms with E-state index in [1.165, 1.54) is 7.11 Å². The number of hydrogen-bond acceptors (Lipinski definition) is 3. The summed E-state index contributed by atoms with van der Waals surface area (Å²) < 4.78 is 33.8. The molecule has 148 valence electrons. The molecule has 0 bridgehead atoms. The summed E-state index contributed by atoms with van der Waals surface area (Å²) in [7, 11) is -2.10. The van der Waals surface area contributed by atoms with Crippen LogP contribution in [0.25, 0.3) is 10.9 Å². The molecule has 2 heterocycles. The third kappa shape index (κ3) is 3.31. The normalized spacial score (nSPS) is 18.5. The summed E-state index contributed by atoms with van der Waals surface area (Å²) in [5.74, 6) is 0.573. The molecule has 4 rings (SSSR count). The van der Waals surface area contributed by atoms with Gasteiger partial charge in [0.1, 0.15) is 10.6 Å². The fourth-order valence-corrected chi connectivity index (χ4v) is 5.74. The number of fused-ring (bicyclic) bond motifs is 1. The number of para-hydroxylation sites is 1. The summed E-state index contributed by atoms with van der Waals surface area (Å²) >= 11 is 0. The summed E-state index contributed by atoms with van der Waals surface area (Å²) in [4.78, 5) is 3.73. The Balaban J connectivity index is 1.66. The van der Waals surface area contributed by atoms with Crippen LogP contribution in [0.5, 0.6) is 5.75 Å². The lowest BCUT2D eigenvalue weighted by atomic mass is 9.96. The first kappa shape index (κ1) is 19.0. The Morgan fingerprint density at radius 3 is 2.61 bits per heavy atom. The van der Waals surface area contributed by atoms with Crippen LogP contribution in [-0.4, -0.2) is 37.9 Å². The number of hydrogen-bond donors (Lipinski definition) is 1. The topological polar surface area (TPSA) is 62.4 Å². The second kappa shape index (κ2) is 7.26. The van der Waals surface area contributed by atoms with Crippen LogP contribution >= 0.6 is 0 Å². The maximum absolute atomic E-state index is 13.4. The van der Waals surface area contributed by atoms with Gasteiger partial charge in [0, 0.05) is 30.2 Å². The Hall–Kier alpha value is -2.31. The van der Waals surface area contributed by atoms with Gasteiger partial charge in [0.2, 0.25) is 10.0 Å². The van der Waals surface area contributed by atoms with Crippen molar-refractivity contribution in [1.82, 2.24) is 9.29 Å². The van der Waals surface area contributed by atoms with Gasteiger partial charge >= 0.3 is 0 Å². The molecule has 1 fully saturated rings. The van der Waals surface area contributed by atoms with Crippen molar-refractivity contribution in [3.63, 3.8) is 0 Å². The van der Waals surface area contributed by atoms with Crippen molar-refractivity contribution in [1.29, 1.82) is 0 Å². The van der Waals surface area contributed by atoms with Crippen molar-refractivity contribution < 1.29 is 13.2 Å². The molecule has 1 aliphatic rings. The summed E-state index contributed by atoms with van der Waals surface area (Å²) in [6.07, 6.45) is 1.81. The first-order chi connectivity index (χ1) is 13.4. The highest BCUT2D eigenvalue weighted by Crippen LogP contribution is 2.35. The molecule has 1 aliphatic heterocycles. The van der Waals surface area contributed by atoms with Gasteiger partial charge < -0.3 is 9.72 Å². The van der Waals surface area contributed by atoms with Gasteiger partial charge in [0.15, 0.2) is 0 Å². The predicted molar refractivity (Wildman–Crippen MR) is 112 cm³/mol. The number of aromatic amines is 1. The number of piperidine rings is 1. The molecular formula is C22H26N2O3S. The molecule has 1 unspecified atom stereocenters. The average Bonchev–Trinajstić information content (AvgIpc) is 3.14. The molecule has 0 radical (unpaired) electrons. The van der Waals surface area contributed by atoms with Gasteiger partial charge in [0.05, 0.1) is 7.11 Å². The van der Waals surface area contributed by atoms with E-state index in [-0.39, 0.29) is 10.8 Å². The molecule has 0 spiro atoms. The Kier molecular flexibility index (Phi) is 4.93. The standard InChI is InChI=1S/C22H26N2O3S/c1-15-11-21(27-3)22(12-16(15)2)28(25,26)24-10-6-8-18(14-24)20-13-17-7-4-5-9-19(17)23-20/h4-5,7,9,11-13,18,23H,6,8,10,14H2,1-3H3. The Labute approximate surface area is 166 Å². The van der Waals surface area contributed by atoms with Gasteiger partial charge in [-0.2, -0.15) is 4.31 Å². The maximum Gasteiger partial charge on any atom is 0.246 e. The minimum Gasteiger partial charge on any atom is -0.495 e. The predicted octanol–water partition coefficient (Wildman–Crippen LogP) is 4.36. The van der Waals surface area contributed by atoms with Crippen LogP contribution in [-0.2, 0) is 10.0 Å². The number of rotatable bonds is 4. The van der Waals surface area contributed by atoms with Crippen LogP contribution in [0.1, 0.15) is 35.6 Å². The number of nitrogens with one attached hydrogen (secondary N) is 1. The minimum atomic E-state index is -3.62. The lowest BCUT2D eigenvalue weighted by molar-refractivity contribution is 0.311. The molecule has 1 saturated heterocycles. The number of aryl methyl sites for hydroxylation is 2. The molecular weight excluding hydrogens is 372 g/mol. The second-order valence-corrected chi connectivity index (χ2v) is 9.51. The largest absolute Gasteiger partial charge is 0.495 e. The third-order valence-corrected chi connectivity index (χ3v) is 7.66. The van der Waals surface area contributed by atoms with Crippen molar-refractivity contribution >= 4 is 20.9 Å². The maximum atomic E-state index is 13.4. The molecule has 1 aromatic heterocycles. The lowest BCUT2D eigenvalue weighted by Gasteiger charge is -2.32. The molecule has 1 N–H and O–H groups in total. The summed E-state index contributed by atoms with van der Waals surface area (Å²) in [6, 6.07) is 13.8. The SMILES string of the molecule is COc1cc(C)c(C)cc1S(=O)(=O)N1CCCC(c2cc3ccccc3[nH]2)C1. The van der Waals surface area contributed by atoms with Gasteiger partial charge in [-0.3, -0.25) is 0 Å². The van der Waals surface area contributed by atoms with Crippen LogP contribution in [0.2, 0.25) is 0 Å². The molecule has 1 atom stereocenters. The highest BCUT2D eigenvalue weighted by Gasteiger charge is 2.33. The van der Waals surface area contributed by atoms with Gasteiger partial charge in [-0.15, -0.1) is 0 Å². The minimum absolute atomic E-state index is 0.161. The van der Waals surface area contributed by atoms with Crippen LogP contribution < -0.4 is 4.74 Å². The van der Waals surface area contributed by atoms with E-state index in [4.69, 9.17) is 4.74 Å². The second-order valence-electron chi connectivity index (χ2n) is 7.60. The molecule has 5 nitrogen and oxygen atoms in total. The summed E-state index contributed by atoms with van der Waals surface area (Å²) in [6.45, 7) is 4.90. The third-order valence-electron chi connectivity index (χ3n) is 5.77. The zero-order valence-corrected chi connectivity index (χ0v) is 17.3. The van der Waals surface area contributed by atoms with E-state index in [0.717, 1.165) is 40.6 Å². The number of aromatic nitrogens is 1. The quantitative estimate of drug-likeness (QED) is 0.710. The van der Waals surface area contributed by atoms with E-state index >= 15 is 0 Å². The van der Waals surface area contributed by atoms with Crippen molar-refractivity contribution in [2.24, 2.45) is 0 Å². The molecule has 0 saturated carbocycles. The van der Waals surface area contributed by atoms with Crippen LogP contribution in [0, 0.1) is 13.8 Å². The number of nitrogens with zero attached hydrogens (tertiary/aromatic N) is 1. The van der Waals surface area contributed by atoms with Gasteiger partial charge in [-0.1, -0.05) is 18.2 Å². The number of sulfonamides is 1. The number of H-pyrrole nitrogens is 1. The van der Waals surface area contributed by atoms with Crippen LogP contribution in [0.3, 0.4) is 0 Å².